The maximum atomic E-state index is 12.1. The average Bonchev–Trinajstić information content (AvgIpc) is 2.58. The standard InChI is InChI=1S/C18H20ClN3O/c1-3-22(4-2)16-11-9-14(10-12-16)18(23)21-20-13-15-7-5-6-8-17(15)19/h5-13H,3-4H2,1-2H3,(H,21,23)/b20-13-. The number of rotatable bonds is 6. The van der Waals surface area contributed by atoms with Crippen LogP contribution in [-0.4, -0.2) is 25.2 Å². The van der Waals surface area contributed by atoms with Crippen LogP contribution in [0.3, 0.4) is 0 Å². The number of nitrogens with one attached hydrogen (secondary N) is 1. The van der Waals surface area contributed by atoms with E-state index in [2.05, 4.69) is 29.3 Å². The lowest BCUT2D eigenvalue weighted by atomic mass is 10.2. The second-order valence-corrected chi connectivity index (χ2v) is 5.35. The van der Waals surface area contributed by atoms with Crippen LogP contribution < -0.4 is 10.3 Å². The second-order valence-electron chi connectivity index (χ2n) is 4.94. The van der Waals surface area contributed by atoms with E-state index in [4.69, 9.17) is 11.6 Å². The van der Waals surface area contributed by atoms with Gasteiger partial charge in [0.2, 0.25) is 0 Å². The molecule has 0 fully saturated rings. The molecule has 0 atom stereocenters. The monoisotopic (exact) mass is 329 g/mol. The molecule has 2 aromatic carbocycles. The zero-order valence-corrected chi connectivity index (χ0v) is 14.0. The third-order valence-corrected chi connectivity index (χ3v) is 3.88. The molecule has 0 bridgehead atoms. The number of halogens is 1. The summed E-state index contributed by atoms with van der Waals surface area (Å²) in [6, 6.07) is 14.8. The van der Waals surface area contributed by atoms with Crippen molar-refractivity contribution in [1.82, 2.24) is 5.43 Å². The van der Waals surface area contributed by atoms with Gasteiger partial charge in [-0.15, -0.1) is 0 Å². The zero-order chi connectivity index (χ0) is 16.7. The van der Waals surface area contributed by atoms with Gasteiger partial charge >= 0.3 is 0 Å². The van der Waals surface area contributed by atoms with Gasteiger partial charge in [0.1, 0.15) is 0 Å². The highest BCUT2D eigenvalue weighted by atomic mass is 35.5. The number of carbonyl (C=O) groups excluding carboxylic acids is 1. The lowest BCUT2D eigenvalue weighted by molar-refractivity contribution is 0.0955. The summed E-state index contributed by atoms with van der Waals surface area (Å²) >= 11 is 6.02. The summed E-state index contributed by atoms with van der Waals surface area (Å²) in [5.74, 6) is -0.251. The Morgan fingerprint density at radius 3 is 2.39 bits per heavy atom. The first-order valence-corrected chi connectivity index (χ1v) is 7.96. The highest BCUT2D eigenvalue weighted by molar-refractivity contribution is 6.33. The molecule has 4 nitrogen and oxygen atoms in total. The van der Waals surface area contributed by atoms with E-state index in [1.54, 1.807) is 18.2 Å². The SMILES string of the molecule is CCN(CC)c1ccc(C(=O)N/N=C\c2ccccc2Cl)cc1. The molecule has 0 spiro atoms. The number of carbonyl (C=O) groups is 1. The van der Waals surface area contributed by atoms with Crippen LogP contribution in [0.15, 0.2) is 53.6 Å². The van der Waals surface area contributed by atoms with Crippen molar-refractivity contribution in [2.24, 2.45) is 5.10 Å². The minimum atomic E-state index is -0.251. The Kier molecular flexibility index (Phi) is 6.18. The van der Waals surface area contributed by atoms with Gasteiger partial charge in [-0.2, -0.15) is 5.10 Å². The second kappa shape index (κ2) is 8.34. The zero-order valence-electron chi connectivity index (χ0n) is 13.3. The molecular weight excluding hydrogens is 310 g/mol. The van der Waals surface area contributed by atoms with Gasteiger partial charge in [-0.25, -0.2) is 5.43 Å². The van der Waals surface area contributed by atoms with E-state index < -0.39 is 0 Å². The first-order chi connectivity index (χ1) is 11.2. The predicted octanol–water partition coefficient (Wildman–Crippen LogP) is 3.95. The van der Waals surface area contributed by atoms with Gasteiger partial charge < -0.3 is 4.90 Å². The summed E-state index contributed by atoms with van der Waals surface area (Å²) in [5, 5.41) is 4.54. The molecule has 1 amide bonds. The minimum Gasteiger partial charge on any atom is -0.372 e. The Balaban J connectivity index is 2.00. The molecule has 0 aliphatic rings. The number of anilines is 1. The van der Waals surface area contributed by atoms with E-state index in [9.17, 15) is 4.79 Å². The summed E-state index contributed by atoms with van der Waals surface area (Å²) in [4.78, 5) is 14.3. The van der Waals surface area contributed by atoms with Gasteiger partial charge in [0.05, 0.1) is 6.21 Å². The maximum Gasteiger partial charge on any atom is 0.271 e. The molecule has 23 heavy (non-hydrogen) atoms. The Bertz CT molecular complexity index is 679. The van der Waals surface area contributed by atoms with Gasteiger partial charge in [0, 0.05) is 34.9 Å². The Hall–Kier alpha value is -2.33. The number of hydrogen-bond acceptors (Lipinski definition) is 3. The smallest absolute Gasteiger partial charge is 0.271 e. The normalized spacial score (nSPS) is 10.7. The summed E-state index contributed by atoms with van der Waals surface area (Å²) < 4.78 is 0. The molecule has 0 saturated carbocycles. The third-order valence-electron chi connectivity index (χ3n) is 3.53. The largest absolute Gasteiger partial charge is 0.372 e. The lowest BCUT2D eigenvalue weighted by Gasteiger charge is -2.20. The Labute approximate surface area is 141 Å². The molecule has 0 unspecified atom stereocenters. The van der Waals surface area contributed by atoms with Crippen LogP contribution in [0.5, 0.6) is 0 Å². The average molecular weight is 330 g/mol. The molecule has 2 aromatic rings. The highest BCUT2D eigenvalue weighted by Gasteiger charge is 2.06. The molecule has 0 aromatic heterocycles. The van der Waals surface area contributed by atoms with Crippen LogP contribution in [0, 0.1) is 0 Å². The van der Waals surface area contributed by atoms with Gasteiger partial charge in [0.15, 0.2) is 0 Å². The molecule has 5 heteroatoms. The minimum absolute atomic E-state index is 0.251. The molecule has 1 N–H and O–H groups in total. The van der Waals surface area contributed by atoms with Gasteiger partial charge in [-0.05, 0) is 44.2 Å². The van der Waals surface area contributed by atoms with Crippen molar-refractivity contribution in [3.05, 3.63) is 64.7 Å². The van der Waals surface area contributed by atoms with E-state index in [0.29, 0.717) is 10.6 Å². The molecule has 2 rings (SSSR count). The fourth-order valence-corrected chi connectivity index (χ4v) is 2.40. The van der Waals surface area contributed by atoms with Crippen LogP contribution >= 0.6 is 11.6 Å². The summed E-state index contributed by atoms with van der Waals surface area (Å²) in [6.07, 6.45) is 1.53. The summed E-state index contributed by atoms with van der Waals surface area (Å²) in [7, 11) is 0. The van der Waals surface area contributed by atoms with Crippen LogP contribution in [0.1, 0.15) is 29.8 Å². The Morgan fingerprint density at radius 2 is 1.78 bits per heavy atom. The van der Waals surface area contributed by atoms with Crippen molar-refractivity contribution in [2.45, 2.75) is 13.8 Å². The van der Waals surface area contributed by atoms with Crippen molar-refractivity contribution in [3.8, 4) is 0 Å². The first kappa shape index (κ1) is 17.0. The third kappa shape index (κ3) is 4.57. The highest BCUT2D eigenvalue weighted by Crippen LogP contribution is 2.15. The fraction of sp³-hybridized carbons (Fsp3) is 0.222. The van der Waals surface area contributed by atoms with Crippen molar-refractivity contribution < 1.29 is 4.79 Å². The van der Waals surface area contributed by atoms with Gasteiger partial charge in [-0.1, -0.05) is 29.8 Å². The number of benzene rings is 2. The fourth-order valence-electron chi connectivity index (χ4n) is 2.22. The van der Waals surface area contributed by atoms with Crippen LogP contribution in [0.2, 0.25) is 5.02 Å². The first-order valence-electron chi connectivity index (χ1n) is 7.58. The van der Waals surface area contributed by atoms with E-state index in [0.717, 1.165) is 24.3 Å². The van der Waals surface area contributed by atoms with Crippen molar-refractivity contribution >= 4 is 29.4 Å². The van der Waals surface area contributed by atoms with Crippen LogP contribution in [0.25, 0.3) is 0 Å². The molecule has 0 heterocycles. The maximum absolute atomic E-state index is 12.1. The molecule has 0 radical (unpaired) electrons. The van der Waals surface area contributed by atoms with E-state index in [1.165, 1.54) is 6.21 Å². The van der Waals surface area contributed by atoms with Crippen LogP contribution in [-0.2, 0) is 0 Å². The van der Waals surface area contributed by atoms with E-state index >= 15 is 0 Å². The predicted molar refractivity (Wildman–Crippen MR) is 96.5 cm³/mol. The number of hydrazone groups is 1. The number of nitrogens with zero attached hydrogens (tertiary/aromatic N) is 2. The summed E-state index contributed by atoms with van der Waals surface area (Å²) in [5.41, 5.74) is 4.94. The van der Waals surface area contributed by atoms with Crippen molar-refractivity contribution in [2.75, 3.05) is 18.0 Å². The van der Waals surface area contributed by atoms with E-state index in [1.807, 2.05) is 30.3 Å². The molecule has 0 aliphatic heterocycles. The van der Waals surface area contributed by atoms with Gasteiger partial charge in [0.25, 0.3) is 5.91 Å². The van der Waals surface area contributed by atoms with Crippen molar-refractivity contribution in [3.63, 3.8) is 0 Å². The van der Waals surface area contributed by atoms with Gasteiger partial charge in [-0.3, -0.25) is 4.79 Å². The topological polar surface area (TPSA) is 44.7 Å². The molecular formula is C18H20ClN3O. The number of hydrogen-bond donors (Lipinski definition) is 1. The summed E-state index contributed by atoms with van der Waals surface area (Å²) in [6.45, 7) is 6.08. The quantitative estimate of drug-likeness (QED) is 0.644. The number of amides is 1. The Morgan fingerprint density at radius 1 is 1.13 bits per heavy atom. The van der Waals surface area contributed by atoms with Crippen LogP contribution in [0.4, 0.5) is 5.69 Å². The lowest BCUT2D eigenvalue weighted by Crippen LogP contribution is -2.22. The molecule has 0 aliphatic carbocycles. The van der Waals surface area contributed by atoms with E-state index in [-0.39, 0.29) is 5.91 Å². The molecule has 0 saturated heterocycles. The van der Waals surface area contributed by atoms with Crippen molar-refractivity contribution in [1.29, 1.82) is 0 Å². The molecule has 120 valence electrons.